The highest BCUT2D eigenvalue weighted by molar-refractivity contribution is 5.15. The number of furan rings is 1. The van der Waals surface area contributed by atoms with Crippen LogP contribution in [0.2, 0.25) is 0 Å². The summed E-state index contributed by atoms with van der Waals surface area (Å²) >= 11 is 0. The van der Waals surface area contributed by atoms with E-state index in [1.807, 2.05) is 35.0 Å². The maximum atomic E-state index is 5.95. The molecule has 2 atom stereocenters. The van der Waals surface area contributed by atoms with E-state index >= 15 is 0 Å². The highest BCUT2D eigenvalue weighted by atomic mass is 16.5. The van der Waals surface area contributed by atoms with Crippen LogP contribution in [0, 0.1) is 5.92 Å². The second-order valence-corrected chi connectivity index (χ2v) is 8.01. The Morgan fingerprint density at radius 3 is 2.72 bits per heavy atom. The van der Waals surface area contributed by atoms with Crippen LogP contribution in [0.25, 0.3) is 0 Å². The monoisotopic (exact) mass is 395 g/mol. The molecule has 0 amide bonds. The predicted molar refractivity (Wildman–Crippen MR) is 109 cm³/mol. The minimum Gasteiger partial charge on any atom is -0.468 e. The number of aromatic nitrogens is 4. The summed E-state index contributed by atoms with van der Waals surface area (Å²) in [6, 6.07) is 14.3. The van der Waals surface area contributed by atoms with Crippen molar-refractivity contribution in [1.29, 1.82) is 0 Å². The smallest absolute Gasteiger partial charge is 0.169 e. The van der Waals surface area contributed by atoms with Gasteiger partial charge in [-0.1, -0.05) is 44.2 Å². The lowest BCUT2D eigenvalue weighted by atomic mass is 10.00. The molecule has 0 bridgehead atoms. The first-order valence-corrected chi connectivity index (χ1v) is 10.4. The van der Waals surface area contributed by atoms with Crippen LogP contribution in [-0.4, -0.2) is 44.4 Å². The fourth-order valence-corrected chi connectivity index (χ4v) is 4.10. The maximum absolute atomic E-state index is 5.95. The van der Waals surface area contributed by atoms with Gasteiger partial charge in [0.25, 0.3) is 0 Å². The number of tetrazole rings is 1. The molecule has 0 unspecified atom stereocenters. The molecule has 3 heterocycles. The average molecular weight is 396 g/mol. The van der Waals surface area contributed by atoms with E-state index < -0.39 is 0 Å². The van der Waals surface area contributed by atoms with Gasteiger partial charge in [-0.2, -0.15) is 0 Å². The van der Waals surface area contributed by atoms with Gasteiger partial charge in [0.1, 0.15) is 5.76 Å². The van der Waals surface area contributed by atoms with Crippen LogP contribution in [0.1, 0.15) is 49.9 Å². The zero-order valence-corrected chi connectivity index (χ0v) is 17.1. The van der Waals surface area contributed by atoms with Crippen molar-refractivity contribution in [2.75, 3.05) is 13.2 Å². The first-order chi connectivity index (χ1) is 14.2. The number of rotatable bonds is 9. The molecular weight excluding hydrogens is 366 g/mol. The zero-order chi connectivity index (χ0) is 20.1. The van der Waals surface area contributed by atoms with Gasteiger partial charge in [0, 0.05) is 13.2 Å². The lowest BCUT2D eigenvalue weighted by Gasteiger charge is -2.34. The van der Waals surface area contributed by atoms with Crippen LogP contribution in [-0.2, 0) is 17.8 Å². The van der Waals surface area contributed by atoms with Crippen molar-refractivity contribution < 1.29 is 9.15 Å². The summed E-state index contributed by atoms with van der Waals surface area (Å²) in [5, 5.41) is 12.8. The highest BCUT2D eigenvalue weighted by Gasteiger charge is 2.32. The summed E-state index contributed by atoms with van der Waals surface area (Å²) in [6.45, 7) is 7.47. The lowest BCUT2D eigenvalue weighted by molar-refractivity contribution is 0.0354. The van der Waals surface area contributed by atoms with Gasteiger partial charge in [-0.15, -0.1) is 5.10 Å². The number of hydrogen-bond donors (Lipinski definition) is 0. The summed E-state index contributed by atoms with van der Waals surface area (Å²) in [5.41, 5.74) is 1.18. The van der Waals surface area contributed by atoms with E-state index in [1.165, 1.54) is 5.56 Å². The fraction of sp³-hybridized carbons (Fsp3) is 0.500. The molecule has 29 heavy (non-hydrogen) atoms. The van der Waals surface area contributed by atoms with Gasteiger partial charge in [0.2, 0.25) is 0 Å². The average Bonchev–Trinajstić information content (AvgIpc) is 3.47. The van der Waals surface area contributed by atoms with E-state index in [2.05, 4.69) is 46.4 Å². The molecule has 0 saturated carbocycles. The van der Waals surface area contributed by atoms with Crippen molar-refractivity contribution in [2.24, 2.45) is 5.92 Å². The largest absolute Gasteiger partial charge is 0.468 e. The van der Waals surface area contributed by atoms with Gasteiger partial charge in [-0.05, 0) is 46.9 Å². The normalized spacial score (nSPS) is 18.0. The molecule has 0 aliphatic carbocycles. The Kier molecular flexibility index (Phi) is 6.36. The quantitative estimate of drug-likeness (QED) is 0.550. The first kappa shape index (κ1) is 19.8. The van der Waals surface area contributed by atoms with Crippen LogP contribution in [0.5, 0.6) is 0 Å². The Balaban J connectivity index is 1.62. The fourth-order valence-electron chi connectivity index (χ4n) is 4.10. The molecule has 1 aromatic carbocycles. The second-order valence-electron chi connectivity index (χ2n) is 8.01. The number of nitrogens with zero attached hydrogens (tertiary/aromatic N) is 5. The topological polar surface area (TPSA) is 69.2 Å². The Morgan fingerprint density at radius 1 is 1.17 bits per heavy atom. The van der Waals surface area contributed by atoms with Crippen LogP contribution in [0.3, 0.4) is 0 Å². The molecule has 0 spiro atoms. The second kappa shape index (κ2) is 9.33. The molecule has 154 valence electrons. The molecule has 1 saturated heterocycles. The SMILES string of the molecule is CC(C)[C@@H](c1nnnn1Cc1ccccc1)N(Cc1ccco1)C[C@@H]1CCCO1. The van der Waals surface area contributed by atoms with E-state index in [0.717, 1.165) is 37.6 Å². The van der Waals surface area contributed by atoms with Gasteiger partial charge < -0.3 is 9.15 Å². The Bertz CT molecular complexity index is 856. The van der Waals surface area contributed by atoms with E-state index in [1.54, 1.807) is 6.26 Å². The van der Waals surface area contributed by atoms with Crippen molar-refractivity contribution in [2.45, 2.75) is 51.9 Å². The third-order valence-electron chi connectivity index (χ3n) is 5.43. The lowest BCUT2D eigenvalue weighted by Crippen LogP contribution is -2.38. The van der Waals surface area contributed by atoms with Crippen molar-refractivity contribution in [3.63, 3.8) is 0 Å². The summed E-state index contributed by atoms with van der Waals surface area (Å²) < 4.78 is 13.5. The van der Waals surface area contributed by atoms with Crippen molar-refractivity contribution >= 4 is 0 Å². The van der Waals surface area contributed by atoms with Crippen LogP contribution in [0.15, 0.2) is 53.1 Å². The molecule has 1 fully saturated rings. The number of hydrogen-bond acceptors (Lipinski definition) is 6. The van der Waals surface area contributed by atoms with Crippen molar-refractivity contribution in [3.05, 3.63) is 65.9 Å². The molecule has 2 aromatic heterocycles. The van der Waals surface area contributed by atoms with E-state index in [0.29, 0.717) is 19.0 Å². The van der Waals surface area contributed by atoms with Crippen LogP contribution in [0.4, 0.5) is 0 Å². The molecule has 7 heteroatoms. The van der Waals surface area contributed by atoms with E-state index in [-0.39, 0.29) is 12.1 Å². The van der Waals surface area contributed by atoms with Crippen LogP contribution >= 0.6 is 0 Å². The minimum atomic E-state index is 0.0583. The summed E-state index contributed by atoms with van der Waals surface area (Å²) in [4.78, 5) is 2.41. The van der Waals surface area contributed by atoms with Crippen molar-refractivity contribution in [1.82, 2.24) is 25.1 Å². The van der Waals surface area contributed by atoms with Gasteiger partial charge in [0.05, 0.1) is 31.5 Å². The molecule has 0 radical (unpaired) electrons. The Hall–Kier alpha value is -2.51. The maximum Gasteiger partial charge on any atom is 0.169 e. The van der Waals surface area contributed by atoms with Crippen LogP contribution < -0.4 is 0 Å². The summed E-state index contributed by atoms with van der Waals surface area (Å²) in [5.74, 6) is 2.15. The summed E-state index contributed by atoms with van der Waals surface area (Å²) in [7, 11) is 0. The molecule has 3 aromatic rings. The van der Waals surface area contributed by atoms with E-state index in [4.69, 9.17) is 9.15 Å². The van der Waals surface area contributed by atoms with E-state index in [9.17, 15) is 0 Å². The van der Waals surface area contributed by atoms with Crippen molar-refractivity contribution in [3.8, 4) is 0 Å². The molecule has 4 rings (SSSR count). The third-order valence-corrected chi connectivity index (χ3v) is 5.43. The predicted octanol–water partition coefficient (Wildman–Crippen LogP) is 3.69. The minimum absolute atomic E-state index is 0.0583. The Morgan fingerprint density at radius 2 is 2.03 bits per heavy atom. The van der Waals surface area contributed by atoms with Gasteiger partial charge >= 0.3 is 0 Å². The first-order valence-electron chi connectivity index (χ1n) is 10.4. The molecular formula is C22H29N5O2. The number of ether oxygens (including phenoxy) is 1. The Labute approximate surface area is 171 Å². The third kappa shape index (κ3) is 4.92. The standard InChI is InChI=1S/C22H29N5O2/c1-17(2)21(22-23-24-25-27(22)14-18-8-4-3-5-9-18)26(15-19-10-6-12-28-19)16-20-11-7-13-29-20/h3-6,8-10,12,17,20-21H,7,11,13-16H2,1-2H3/t20-,21-/m0/s1. The highest BCUT2D eigenvalue weighted by Crippen LogP contribution is 2.30. The van der Waals surface area contributed by atoms with Gasteiger partial charge in [0.15, 0.2) is 5.82 Å². The number of benzene rings is 1. The molecule has 1 aliphatic rings. The summed E-state index contributed by atoms with van der Waals surface area (Å²) in [6.07, 6.45) is 4.18. The molecule has 0 N–H and O–H groups in total. The van der Waals surface area contributed by atoms with Gasteiger partial charge in [-0.3, -0.25) is 4.90 Å². The molecule has 7 nitrogen and oxygen atoms in total. The molecule has 1 aliphatic heterocycles. The zero-order valence-electron chi connectivity index (χ0n) is 17.1. The van der Waals surface area contributed by atoms with Gasteiger partial charge in [-0.25, -0.2) is 4.68 Å².